The van der Waals surface area contributed by atoms with Gasteiger partial charge in [0.05, 0.1) is 11.9 Å². The Morgan fingerprint density at radius 2 is 1.96 bits per heavy atom. The Labute approximate surface area is 148 Å². The van der Waals surface area contributed by atoms with Crippen molar-refractivity contribution in [1.82, 2.24) is 14.7 Å². The van der Waals surface area contributed by atoms with Crippen LogP contribution in [0.15, 0.2) is 30.6 Å². The molecule has 0 saturated carbocycles. The van der Waals surface area contributed by atoms with Crippen LogP contribution in [-0.4, -0.2) is 40.7 Å². The SMILES string of the molecule is Cc1cccc(C(C)C)c1NC(=O)Nc1cnn(CC(=O)N(C)C)c1. The lowest BCUT2D eigenvalue weighted by Gasteiger charge is -2.16. The van der Waals surface area contributed by atoms with Crippen LogP contribution in [0.4, 0.5) is 16.2 Å². The maximum Gasteiger partial charge on any atom is 0.323 e. The molecule has 0 bridgehead atoms. The van der Waals surface area contributed by atoms with Crippen molar-refractivity contribution in [2.45, 2.75) is 33.2 Å². The van der Waals surface area contributed by atoms with Crippen LogP contribution in [0.3, 0.4) is 0 Å². The van der Waals surface area contributed by atoms with Crippen molar-refractivity contribution in [2.24, 2.45) is 0 Å². The molecule has 25 heavy (non-hydrogen) atoms. The van der Waals surface area contributed by atoms with Crippen molar-refractivity contribution in [3.8, 4) is 0 Å². The fraction of sp³-hybridized carbons (Fsp3) is 0.389. The summed E-state index contributed by atoms with van der Waals surface area (Å²) in [6, 6.07) is 5.62. The predicted molar refractivity (Wildman–Crippen MR) is 98.8 cm³/mol. The van der Waals surface area contributed by atoms with Gasteiger partial charge >= 0.3 is 6.03 Å². The summed E-state index contributed by atoms with van der Waals surface area (Å²) in [5.41, 5.74) is 3.45. The molecule has 2 aromatic rings. The van der Waals surface area contributed by atoms with E-state index in [9.17, 15) is 9.59 Å². The fourth-order valence-electron chi connectivity index (χ4n) is 2.41. The molecule has 2 rings (SSSR count). The Hall–Kier alpha value is -2.83. The van der Waals surface area contributed by atoms with Gasteiger partial charge in [-0.3, -0.25) is 9.48 Å². The van der Waals surface area contributed by atoms with Gasteiger partial charge < -0.3 is 15.5 Å². The second-order valence-electron chi connectivity index (χ2n) is 6.49. The minimum Gasteiger partial charge on any atom is -0.347 e. The van der Waals surface area contributed by atoms with Crippen LogP contribution in [0.1, 0.15) is 30.9 Å². The topological polar surface area (TPSA) is 79.3 Å². The highest BCUT2D eigenvalue weighted by Crippen LogP contribution is 2.27. The normalized spacial score (nSPS) is 10.6. The fourth-order valence-corrected chi connectivity index (χ4v) is 2.41. The zero-order valence-corrected chi connectivity index (χ0v) is 15.3. The second kappa shape index (κ2) is 7.83. The van der Waals surface area contributed by atoms with E-state index in [0.29, 0.717) is 11.6 Å². The molecule has 2 N–H and O–H groups in total. The van der Waals surface area contributed by atoms with Crippen molar-refractivity contribution in [1.29, 1.82) is 0 Å². The summed E-state index contributed by atoms with van der Waals surface area (Å²) < 4.78 is 1.49. The number of amides is 3. The largest absolute Gasteiger partial charge is 0.347 e. The average molecular weight is 343 g/mol. The van der Waals surface area contributed by atoms with Crippen LogP contribution >= 0.6 is 0 Å². The predicted octanol–water partition coefficient (Wildman–Crippen LogP) is 3.05. The van der Waals surface area contributed by atoms with Gasteiger partial charge in [-0.25, -0.2) is 4.79 Å². The summed E-state index contributed by atoms with van der Waals surface area (Å²) in [7, 11) is 3.37. The van der Waals surface area contributed by atoms with Crippen molar-refractivity contribution in [3.63, 3.8) is 0 Å². The number of para-hydroxylation sites is 1. The van der Waals surface area contributed by atoms with Crippen molar-refractivity contribution >= 4 is 23.3 Å². The van der Waals surface area contributed by atoms with Crippen LogP contribution in [0.5, 0.6) is 0 Å². The number of aromatic nitrogens is 2. The van der Waals surface area contributed by atoms with Gasteiger partial charge in [-0.05, 0) is 24.0 Å². The third kappa shape index (κ3) is 4.82. The number of rotatable bonds is 5. The van der Waals surface area contributed by atoms with E-state index in [2.05, 4.69) is 29.6 Å². The summed E-state index contributed by atoms with van der Waals surface area (Å²) in [6.45, 7) is 6.27. The van der Waals surface area contributed by atoms with Crippen LogP contribution in [-0.2, 0) is 11.3 Å². The molecule has 7 nitrogen and oxygen atoms in total. The minimum atomic E-state index is -0.338. The van der Waals surface area contributed by atoms with Gasteiger partial charge in [0.25, 0.3) is 0 Å². The van der Waals surface area contributed by atoms with Gasteiger partial charge in [-0.15, -0.1) is 0 Å². The number of anilines is 2. The number of benzene rings is 1. The molecule has 3 amide bonds. The van der Waals surface area contributed by atoms with Crippen molar-refractivity contribution in [3.05, 3.63) is 41.7 Å². The summed E-state index contributed by atoms with van der Waals surface area (Å²) in [4.78, 5) is 25.5. The van der Waals surface area contributed by atoms with E-state index >= 15 is 0 Å². The third-order valence-corrected chi connectivity index (χ3v) is 3.85. The van der Waals surface area contributed by atoms with Crippen LogP contribution in [0, 0.1) is 6.92 Å². The van der Waals surface area contributed by atoms with E-state index in [1.807, 2.05) is 25.1 Å². The molecule has 0 radical (unpaired) electrons. The van der Waals surface area contributed by atoms with E-state index in [1.165, 1.54) is 15.8 Å². The number of nitrogens with zero attached hydrogens (tertiary/aromatic N) is 3. The van der Waals surface area contributed by atoms with E-state index in [4.69, 9.17) is 0 Å². The Kier molecular flexibility index (Phi) is 5.80. The summed E-state index contributed by atoms with van der Waals surface area (Å²) in [6.07, 6.45) is 3.14. The summed E-state index contributed by atoms with van der Waals surface area (Å²) in [5, 5.41) is 9.75. The summed E-state index contributed by atoms with van der Waals surface area (Å²) >= 11 is 0. The van der Waals surface area contributed by atoms with Gasteiger partial charge in [-0.1, -0.05) is 32.0 Å². The van der Waals surface area contributed by atoms with Gasteiger partial charge in [0.2, 0.25) is 5.91 Å². The van der Waals surface area contributed by atoms with E-state index in [-0.39, 0.29) is 18.5 Å². The lowest BCUT2D eigenvalue weighted by molar-refractivity contribution is -0.129. The first-order chi connectivity index (χ1) is 11.8. The minimum absolute atomic E-state index is 0.0689. The molecule has 1 aromatic heterocycles. The lowest BCUT2D eigenvalue weighted by Crippen LogP contribution is -2.26. The maximum atomic E-state index is 12.3. The number of hydrogen-bond donors (Lipinski definition) is 2. The van der Waals surface area contributed by atoms with Gasteiger partial charge in [-0.2, -0.15) is 5.10 Å². The molecule has 1 heterocycles. The average Bonchev–Trinajstić information content (AvgIpc) is 2.95. The molecule has 1 aromatic carbocycles. The second-order valence-corrected chi connectivity index (χ2v) is 6.49. The summed E-state index contributed by atoms with van der Waals surface area (Å²) in [5.74, 6) is 0.232. The smallest absolute Gasteiger partial charge is 0.323 e. The first kappa shape index (κ1) is 18.5. The number of carbonyl (C=O) groups excluding carboxylic acids is 2. The third-order valence-electron chi connectivity index (χ3n) is 3.85. The Morgan fingerprint density at radius 3 is 2.60 bits per heavy atom. The first-order valence-corrected chi connectivity index (χ1v) is 8.18. The number of aryl methyl sites for hydroxylation is 1. The number of hydrogen-bond acceptors (Lipinski definition) is 3. The number of nitrogens with one attached hydrogen (secondary N) is 2. The molecule has 0 atom stereocenters. The number of urea groups is 1. The Balaban J connectivity index is 2.04. The molecule has 7 heteroatoms. The van der Waals surface area contributed by atoms with Crippen LogP contribution in [0.2, 0.25) is 0 Å². The molecule has 0 aliphatic rings. The molecule has 0 fully saturated rings. The molecular formula is C18H25N5O2. The first-order valence-electron chi connectivity index (χ1n) is 8.18. The van der Waals surface area contributed by atoms with E-state index in [1.54, 1.807) is 20.3 Å². The zero-order valence-electron chi connectivity index (χ0n) is 15.3. The lowest BCUT2D eigenvalue weighted by atomic mass is 9.98. The standard InChI is InChI=1S/C18H25N5O2/c1-12(2)15-8-6-7-13(3)17(15)21-18(25)20-14-9-19-23(10-14)11-16(24)22(4)5/h6-10,12H,11H2,1-5H3,(H2,20,21,25). The van der Waals surface area contributed by atoms with Crippen LogP contribution < -0.4 is 10.6 Å². The molecule has 0 spiro atoms. The Bertz CT molecular complexity index is 765. The molecular weight excluding hydrogens is 318 g/mol. The van der Waals surface area contributed by atoms with E-state index < -0.39 is 0 Å². The molecule has 0 unspecified atom stereocenters. The highest BCUT2D eigenvalue weighted by atomic mass is 16.2. The monoisotopic (exact) mass is 343 g/mol. The number of carbonyl (C=O) groups is 2. The maximum absolute atomic E-state index is 12.3. The van der Waals surface area contributed by atoms with Crippen LogP contribution in [0.25, 0.3) is 0 Å². The molecule has 0 aliphatic heterocycles. The van der Waals surface area contributed by atoms with Gasteiger partial charge in [0.1, 0.15) is 6.54 Å². The molecule has 0 saturated heterocycles. The molecule has 0 aliphatic carbocycles. The molecule has 134 valence electrons. The van der Waals surface area contributed by atoms with Gasteiger partial charge in [0, 0.05) is 26.0 Å². The highest BCUT2D eigenvalue weighted by Gasteiger charge is 2.13. The quantitative estimate of drug-likeness (QED) is 0.876. The van der Waals surface area contributed by atoms with Gasteiger partial charge in [0.15, 0.2) is 0 Å². The van der Waals surface area contributed by atoms with Crippen molar-refractivity contribution < 1.29 is 9.59 Å². The zero-order chi connectivity index (χ0) is 18.6. The Morgan fingerprint density at radius 1 is 1.24 bits per heavy atom. The van der Waals surface area contributed by atoms with E-state index in [0.717, 1.165) is 16.8 Å². The highest BCUT2D eigenvalue weighted by molar-refractivity contribution is 6.00. The number of likely N-dealkylation sites (N-methyl/N-ethyl adjacent to an activating group) is 1. The van der Waals surface area contributed by atoms with Crippen molar-refractivity contribution in [2.75, 3.05) is 24.7 Å².